The van der Waals surface area contributed by atoms with Gasteiger partial charge >= 0.3 is 6.03 Å². The van der Waals surface area contributed by atoms with Crippen LogP contribution in [0.1, 0.15) is 111 Å². The Hall–Kier alpha value is -1.36. The summed E-state index contributed by atoms with van der Waals surface area (Å²) in [5.41, 5.74) is 0. The number of allylic oxidation sites excluding steroid dienone is 2. The second kappa shape index (κ2) is 19.9. The van der Waals surface area contributed by atoms with Gasteiger partial charge in [0.25, 0.3) is 0 Å². The summed E-state index contributed by atoms with van der Waals surface area (Å²) < 4.78 is 0. The molecular weight excluding hydrogens is 364 g/mol. The van der Waals surface area contributed by atoms with E-state index >= 15 is 0 Å². The Morgan fingerprint density at radius 2 is 1.34 bits per heavy atom. The van der Waals surface area contributed by atoms with Gasteiger partial charge in [0.15, 0.2) is 0 Å². The van der Waals surface area contributed by atoms with Crippen molar-refractivity contribution in [2.75, 3.05) is 6.61 Å². The highest BCUT2D eigenvalue weighted by molar-refractivity contribution is 5.94. The Kier molecular flexibility index (Phi) is 19.0. The molecular formula is C24H46N2O3. The third-order valence-electron chi connectivity index (χ3n) is 5.24. The Bertz CT molecular complexity index is 436. The fourth-order valence-electron chi connectivity index (χ4n) is 3.17. The van der Waals surface area contributed by atoms with Crippen LogP contribution in [0.4, 0.5) is 4.79 Å². The molecule has 29 heavy (non-hydrogen) atoms. The van der Waals surface area contributed by atoms with Gasteiger partial charge in [-0.25, -0.2) is 4.79 Å². The third kappa shape index (κ3) is 18.4. The first-order chi connectivity index (χ1) is 14.0. The molecule has 0 aromatic heterocycles. The highest BCUT2D eigenvalue weighted by atomic mass is 16.3. The van der Waals surface area contributed by atoms with Gasteiger partial charge in [-0.1, -0.05) is 84.3 Å². The van der Waals surface area contributed by atoms with Gasteiger partial charge in [0.05, 0.1) is 12.6 Å². The van der Waals surface area contributed by atoms with E-state index in [0.717, 1.165) is 25.7 Å². The van der Waals surface area contributed by atoms with Crippen LogP contribution in [-0.4, -0.2) is 29.7 Å². The van der Waals surface area contributed by atoms with Gasteiger partial charge in [0, 0.05) is 6.42 Å². The van der Waals surface area contributed by atoms with Crippen molar-refractivity contribution in [3.63, 3.8) is 0 Å². The molecule has 0 aliphatic carbocycles. The van der Waals surface area contributed by atoms with E-state index in [2.05, 4.69) is 29.7 Å². The maximum absolute atomic E-state index is 11.8. The van der Waals surface area contributed by atoms with E-state index in [1.807, 2.05) is 13.8 Å². The Morgan fingerprint density at radius 1 is 0.828 bits per heavy atom. The summed E-state index contributed by atoms with van der Waals surface area (Å²) in [5.74, 6) is -0.133. The Labute approximate surface area is 179 Å². The van der Waals surface area contributed by atoms with E-state index in [-0.39, 0.29) is 24.5 Å². The van der Waals surface area contributed by atoms with Crippen molar-refractivity contribution in [3.05, 3.63) is 12.2 Å². The summed E-state index contributed by atoms with van der Waals surface area (Å²) in [6, 6.07) is -0.849. The van der Waals surface area contributed by atoms with Crippen LogP contribution >= 0.6 is 0 Å². The SMILES string of the molecule is CCCCCCCC/C=C\CCCCCCCC(=O)NC(=O)N[C@H](CO)C(C)C. The van der Waals surface area contributed by atoms with Crippen molar-refractivity contribution in [1.82, 2.24) is 10.6 Å². The van der Waals surface area contributed by atoms with Crippen LogP contribution in [0.25, 0.3) is 0 Å². The van der Waals surface area contributed by atoms with E-state index in [4.69, 9.17) is 0 Å². The lowest BCUT2D eigenvalue weighted by atomic mass is 10.1. The first-order valence-electron chi connectivity index (χ1n) is 11.9. The van der Waals surface area contributed by atoms with E-state index < -0.39 is 6.03 Å². The van der Waals surface area contributed by atoms with Crippen LogP contribution in [0.15, 0.2) is 12.2 Å². The van der Waals surface area contributed by atoms with Gasteiger partial charge in [-0.2, -0.15) is 0 Å². The van der Waals surface area contributed by atoms with Crippen molar-refractivity contribution >= 4 is 11.9 Å². The van der Waals surface area contributed by atoms with E-state index in [1.54, 1.807) is 0 Å². The zero-order valence-electron chi connectivity index (χ0n) is 19.2. The molecule has 170 valence electrons. The van der Waals surface area contributed by atoms with E-state index in [9.17, 15) is 14.7 Å². The quantitative estimate of drug-likeness (QED) is 0.195. The minimum atomic E-state index is -0.518. The number of carbonyl (C=O) groups excluding carboxylic acids is 2. The summed E-state index contributed by atoms with van der Waals surface area (Å²) >= 11 is 0. The molecule has 0 heterocycles. The Morgan fingerprint density at radius 3 is 1.86 bits per heavy atom. The van der Waals surface area contributed by atoms with Crippen LogP contribution in [0.5, 0.6) is 0 Å². The highest BCUT2D eigenvalue weighted by Crippen LogP contribution is 2.10. The first kappa shape index (κ1) is 27.6. The number of unbranched alkanes of at least 4 members (excludes halogenated alkanes) is 11. The normalized spacial score (nSPS) is 12.4. The number of aliphatic hydroxyl groups excluding tert-OH is 1. The fraction of sp³-hybridized carbons (Fsp3) is 0.833. The van der Waals surface area contributed by atoms with Gasteiger partial charge in [-0.3, -0.25) is 10.1 Å². The molecule has 5 nitrogen and oxygen atoms in total. The van der Waals surface area contributed by atoms with Crippen LogP contribution in [-0.2, 0) is 4.79 Å². The number of hydrogen-bond donors (Lipinski definition) is 3. The highest BCUT2D eigenvalue weighted by Gasteiger charge is 2.16. The average molecular weight is 411 g/mol. The monoisotopic (exact) mass is 410 g/mol. The van der Waals surface area contributed by atoms with E-state index in [0.29, 0.717) is 6.42 Å². The number of urea groups is 1. The zero-order chi connectivity index (χ0) is 21.7. The van der Waals surface area contributed by atoms with Gasteiger partial charge in [0.2, 0.25) is 5.91 Å². The average Bonchev–Trinajstić information content (AvgIpc) is 2.68. The number of hydrogen-bond acceptors (Lipinski definition) is 3. The summed E-state index contributed by atoms with van der Waals surface area (Å²) in [4.78, 5) is 23.5. The molecule has 0 radical (unpaired) electrons. The van der Waals surface area contributed by atoms with Crippen molar-refractivity contribution in [3.8, 4) is 0 Å². The number of amides is 3. The number of imide groups is 1. The molecule has 3 N–H and O–H groups in total. The van der Waals surface area contributed by atoms with Crippen LogP contribution in [0.3, 0.4) is 0 Å². The number of aliphatic hydroxyl groups is 1. The van der Waals surface area contributed by atoms with Gasteiger partial charge in [-0.15, -0.1) is 0 Å². The number of nitrogens with one attached hydrogen (secondary N) is 2. The predicted molar refractivity (Wildman–Crippen MR) is 122 cm³/mol. The smallest absolute Gasteiger partial charge is 0.321 e. The van der Waals surface area contributed by atoms with Gasteiger partial charge < -0.3 is 10.4 Å². The predicted octanol–water partition coefficient (Wildman–Crippen LogP) is 5.87. The molecule has 0 unspecified atom stereocenters. The number of rotatable bonds is 18. The lowest BCUT2D eigenvalue weighted by Gasteiger charge is -2.19. The maximum Gasteiger partial charge on any atom is 0.321 e. The molecule has 0 spiro atoms. The summed E-state index contributed by atoms with van der Waals surface area (Å²) in [5, 5.41) is 14.2. The molecule has 0 fully saturated rings. The lowest BCUT2D eigenvalue weighted by Crippen LogP contribution is -2.48. The largest absolute Gasteiger partial charge is 0.394 e. The summed E-state index contributed by atoms with van der Waals surface area (Å²) in [6.45, 7) is 5.94. The van der Waals surface area contributed by atoms with Crippen molar-refractivity contribution in [2.45, 2.75) is 117 Å². The van der Waals surface area contributed by atoms with Crippen LogP contribution in [0.2, 0.25) is 0 Å². The van der Waals surface area contributed by atoms with Crippen LogP contribution < -0.4 is 10.6 Å². The molecule has 0 aliphatic heterocycles. The fourth-order valence-corrected chi connectivity index (χ4v) is 3.17. The summed E-state index contributed by atoms with van der Waals surface area (Å²) in [7, 11) is 0. The van der Waals surface area contributed by atoms with E-state index in [1.165, 1.54) is 57.8 Å². The Balaban J connectivity index is 3.48. The molecule has 0 rings (SSSR count). The van der Waals surface area contributed by atoms with Gasteiger partial charge in [-0.05, 0) is 38.0 Å². The standard InChI is InChI=1S/C24H46N2O3/c1-4-5-6-7-8-9-10-11-12-13-14-15-16-17-18-19-23(28)26-24(29)25-22(20-27)21(2)3/h11-12,21-22,27H,4-10,13-20H2,1-3H3,(H2,25,26,28,29)/b12-11-/t22-/m1/s1. The molecule has 1 atom stereocenters. The van der Waals surface area contributed by atoms with Crippen molar-refractivity contribution in [2.24, 2.45) is 5.92 Å². The minimum Gasteiger partial charge on any atom is -0.394 e. The molecule has 0 aromatic carbocycles. The topological polar surface area (TPSA) is 78.4 Å². The van der Waals surface area contributed by atoms with Gasteiger partial charge in [0.1, 0.15) is 0 Å². The third-order valence-corrected chi connectivity index (χ3v) is 5.24. The molecule has 0 saturated carbocycles. The van der Waals surface area contributed by atoms with Crippen molar-refractivity contribution in [1.29, 1.82) is 0 Å². The van der Waals surface area contributed by atoms with Crippen molar-refractivity contribution < 1.29 is 14.7 Å². The zero-order valence-corrected chi connectivity index (χ0v) is 19.2. The molecule has 0 aromatic rings. The maximum atomic E-state index is 11.8. The molecule has 3 amide bonds. The molecule has 0 bridgehead atoms. The molecule has 0 saturated heterocycles. The second-order valence-electron chi connectivity index (χ2n) is 8.39. The lowest BCUT2D eigenvalue weighted by molar-refractivity contribution is -0.120. The molecule has 5 heteroatoms. The van der Waals surface area contributed by atoms with Crippen LogP contribution in [0, 0.1) is 5.92 Å². The molecule has 0 aliphatic rings. The first-order valence-corrected chi connectivity index (χ1v) is 11.9. The second-order valence-corrected chi connectivity index (χ2v) is 8.39. The summed E-state index contributed by atoms with van der Waals surface area (Å²) in [6.07, 6.45) is 20.9. The number of carbonyl (C=O) groups is 2. The minimum absolute atomic E-state index is 0.117.